The third kappa shape index (κ3) is 6.41. The fourth-order valence-electron chi connectivity index (χ4n) is 2.36. The molecule has 0 saturated heterocycles. The number of hydrogen-bond donors (Lipinski definition) is 0. The molecule has 0 atom stereocenters. The molecule has 0 amide bonds. The molecule has 0 unspecified atom stereocenters. The molecule has 0 N–H and O–H groups in total. The number of benzene rings is 3. The average Bonchev–Trinajstić information content (AvgIpc) is 2.75. The molecule has 3 rings (SSSR count). The van der Waals surface area contributed by atoms with Crippen molar-refractivity contribution >= 4 is 11.9 Å². The van der Waals surface area contributed by atoms with Crippen molar-refractivity contribution in [1.82, 2.24) is 0 Å². The third-order valence-corrected chi connectivity index (χ3v) is 3.97. The molecule has 0 spiro atoms. The fraction of sp³-hybridized carbons (Fsp3) is 0.0769. The fourth-order valence-corrected chi connectivity index (χ4v) is 2.36. The Balaban J connectivity index is 1.56. The SMILES string of the molecule is Cc1ccc(OC(=O)C#Cc2ccc(C#CC(=O)Oc3ccc(C)cc3)cc2)cc1. The van der Waals surface area contributed by atoms with Crippen molar-refractivity contribution in [1.29, 1.82) is 0 Å². The molecule has 30 heavy (non-hydrogen) atoms. The summed E-state index contributed by atoms with van der Waals surface area (Å²) in [6.45, 7) is 3.90. The molecule has 0 heterocycles. The molecule has 0 radical (unpaired) electrons. The predicted octanol–water partition coefficient (Wildman–Crippen LogP) is 4.22. The maximum absolute atomic E-state index is 11.8. The van der Waals surface area contributed by atoms with Crippen molar-refractivity contribution in [2.75, 3.05) is 0 Å². The van der Waals surface area contributed by atoms with Crippen LogP contribution in [0.4, 0.5) is 0 Å². The van der Waals surface area contributed by atoms with E-state index in [1.807, 2.05) is 38.1 Å². The van der Waals surface area contributed by atoms with Gasteiger partial charge in [-0.05, 0) is 62.4 Å². The summed E-state index contributed by atoms with van der Waals surface area (Å²) in [5.41, 5.74) is 3.41. The Kier molecular flexibility index (Phi) is 6.66. The Morgan fingerprint density at radius 1 is 0.567 bits per heavy atom. The Hall–Kier alpha value is -4.28. The van der Waals surface area contributed by atoms with Gasteiger partial charge < -0.3 is 9.47 Å². The molecule has 0 bridgehead atoms. The zero-order valence-corrected chi connectivity index (χ0v) is 16.6. The Morgan fingerprint density at radius 3 is 1.23 bits per heavy atom. The van der Waals surface area contributed by atoms with E-state index in [0.29, 0.717) is 22.6 Å². The molecule has 0 aliphatic heterocycles. The highest BCUT2D eigenvalue weighted by Gasteiger charge is 2.01. The minimum absolute atomic E-state index is 0.447. The average molecular weight is 394 g/mol. The lowest BCUT2D eigenvalue weighted by atomic mass is 10.1. The molecule has 3 aromatic carbocycles. The molecule has 0 aliphatic rings. The maximum atomic E-state index is 11.8. The minimum atomic E-state index is -0.637. The van der Waals surface area contributed by atoms with Crippen molar-refractivity contribution in [2.24, 2.45) is 0 Å². The summed E-state index contributed by atoms with van der Waals surface area (Å²) in [5.74, 6) is 9.98. The summed E-state index contributed by atoms with van der Waals surface area (Å²) < 4.78 is 10.3. The number of aryl methyl sites for hydroxylation is 2. The highest BCUT2D eigenvalue weighted by atomic mass is 16.5. The van der Waals surface area contributed by atoms with Gasteiger partial charge in [0.1, 0.15) is 11.5 Å². The first-order chi connectivity index (χ1) is 14.5. The Bertz CT molecular complexity index is 1070. The van der Waals surface area contributed by atoms with Crippen LogP contribution in [0.5, 0.6) is 11.5 Å². The molecule has 3 aromatic rings. The van der Waals surface area contributed by atoms with Crippen LogP contribution in [0.1, 0.15) is 22.3 Å². The smallest absolute Gasteiger partial charge is 0.390 e. The highest BCUT2D eigenvalue weighted by Crippen LogP contribution is 2.12. The van der Waals surface area contributed by atoms with Gasteiger partial charge in [-0.2, -0.15) is 0 Å². The molecule has 0 saturated carbocycles. The van der Waals surface area contributed by atoms with E-state index in [1.165, 1.54) is 0 Å². The van der Waals surface area contributed by atoms with Gasteiger partial charge in [0.15, 0.2) is 0 Å². The van der Waals surface area contributed by atoms with Crippen LogP contribution in [0.3, 0.4) is 0 Å². The number of hydrogen-bond acceptors (Lipinski definition) is 4. The second-order valence-corrected chi connectivity index (χ2v) is 6.48. The molecule has 0 aliphatic carbocycles. The minimum Gasteiger partial charge on any atom is -0.417 e. The lowest BCUT2D eigenvalue weighted by Gasteiger charge is -1.99. The molecule has 4 heteroatoms. The van der Waals surface area contributed by atoms with E-state index in [1.54, 1.807) is 48.5 Å². The largest absolute Gasteiger partial charge is 0.417 e. The summed E-state index contributed by atoms with van der Waals surface area (Å²) in [6.07, 6.45) is 0. The van der Waals surface area contributed by atoms with Gasteiger partial charge in [0.2, 0.25) is 0 Å². The van der Waals surface area contributed by atoms with Crippen molar-refractivity contribution in [3.63, 3.8) is 0 Å². The quantitative estimate of drug-likeness (QED) is 0.371. The van der Waals surface area contributed by atoms with E-state index in [9.17, 15) is 9.59 Å². The van der Waals surface area contributed by atoms with Gasteiger partial charge in [0, 0.05) is 23.0 Å². The van der Waals surface area contributed by atoms with Gasteiger partial charge in [-0.25, -0.2) is 9.59 Å². The summed E-state index contributed by atoms with van der Waals surface area (Å²) in [5, 5.41) is 0. The van der Waals surface area contributed by atoms with Crippen molar-refractivity contribution in [2.45, 2.75) is 13.8 Å². The lowest BCUT2D eigenvalue weighted by molar-refractivity contribution is -0.128. The molecule has 0 aromatic heterocycles. The van der Waals surface area contributed by atoms with E-state index < -0.39 is 11.9 Å². The van der Waals surface area contributed by atoms with E-state index in [0.717, 1.165) is 11.1 Å². The zero-order valence-electron chi connectivity index (χ0n) is 16.6. The summed E-state index contributed by atoms with van der Waals surface area (Å²) in [7, 11) is 0. The number of ether oxygens (including phenoxy) is 2. The normalized spacial score (nSPS) is 9.40. The topological polar surface area (TPSA) is 52.6 Å². The van der Waals surface area contributed by atoms with Gasteiger partial charge in [-0.15, -0.1) is 0 Å². The van der Waals surface area contributed by atoms with Gasteiger partial charge >= 0.3 is 11.9 Å². The van der Waals surface area contributed by atoms with Crippen LogP contribution in [0, 0.1) is 37.5 Å². The van der Waals surface area contributed by atoms with Gasteiger partial charge in [0.25, 0.3) is 0 Å². The first-order valence-electron chi connectivity index (χ1n) is 9.19. The second-order valence-electron chi connectivity index (χ2n) is 6.48. The van der Waals surface area contributed by atoms with Crippen LogP contribution in [-0.4, -0.2) is 11.9 Å². The lowest BCUT2D eigenvalue weighted by Crippen LogP contribution is -2.04. The molecular weight excluding hydrogens is 376 g/mol. The monoisotopic (exact) mass is 394 g/mol. The number of carbonyl (C=O) groups is 2. The van der Waals surface area contributed by atoms with Crippen LogP contribution in [0.15, 0.2) is 72.8 Å². The van der Waals surface area contributed by atoms with Crippen molar-refractivity contribution < 1.29 is 19.1 Å². The molecule has 0 fully saturated rings. The Morgan fingerprint density at radius 2 is 0.900 bits per heavy atom. The summed E-state index contributed by atoms with van der Waals surface area (Å²) in [4.78, 5) is 23.6. The van der Waals surface area contributed by atoms with Crippen molar-refractivity contribution in [3.8, 4) is 35.2 Å². The van der Waals surface area contributed by atoms with Gasteiger partial charge in [-0.1, -0.05) is 47.2 Å². The van der Waals surface area contributed by atoms with Gasteiger partial charge in [0.05, 0.1) is 0 Å². The molecular formula is C26H18O4. The number of esters is 2. The van der Waals surface area contributed by atoms with E-state index in [-0.39, 0.29) is 0 Å². The molecule has 146 valence electrons. The predicted molar refractivity (Wildman–Crippen MR) is 114 cm³/mol. The second kappa shape index (κ2) is 9.78. The van der Waals surface area contributed by atoms with E-state index >= 15 is 0 Å². The first kappa shape index (κ1) is 20.5. The van der Waals surface area contributed by atoms with E-state index in [2.05, 4.69) is 23.7 Å². The Labute approximate surface area is 175 Å². The van der Waals surface area contributed by atoms with Crippen LogP contribution in [0.2, 0.25) is 0 Å². The van der Waals surface area contributed by atoms with Crippen LogP contribution in [0.25, 0.3) is 0 Å². The standard InChI is InChI=1S/C26H18O4/c1-19-3-13-23(14-4-19)29-25(27)17-11-21-7-9-22(10-8-21)12-18-26(28)30-24-15-5-20(2)6-16-24/h3-10,13-16H,1-2H3. The highest BCUT2D eigenvalue weighted by molar-refractivity contribution is 5.91. The maximum Gasteiger partial charge on any atom is 0.390 e. The van der Waals surface area contributed by atoms with Gasteiger partial charge in [-0.3, -0.25) is 0 Å². The third-order valence-electron chi connectivity index (χ3n) is 3.97. The number of carbonyl (C=O) groups excluding carboxylic acids is 2. The van der Waals surface area contributed by atoms with Crippen LogP contribution in [-0.2, 0) is 9.59 Å². The zero-order chi connectivity index (χ0) is 21.3. The summed E-state index contributed by atoms with van der Waals surface area (Å²) >= 11 is 0. The summed E-state index contributed by atoms with van der Waals surface area (Å²) in [6, 6.07) is 21.1. The van der Waals surface area contributed by atoms with Crippen molar-refractivity contribution in [3.05, 3.63) is 95.1 Å². The molecule has 4 nitrogen and oxygen atoms in total. The first-order valence-corrected chi connectivity index (χ1v) is 9.19. The van der Waals surface area contributed by atoms with Crippen LogP contribution < -0.4 is 9.47 Å². The number of rotatable bonds is 2. The van der Waals surface area contributed by atoms with E-state index in [4.69, 9.17) is 9.47 Å². The van der Waals surface area contributed by atoms with Crippen LogP contribution >= 0.6 is 0 Å².